The minimum absolute atomic E-state index is 0.383. The molecule has 0 atom stereocenters. The highest BCUT2D eigenvalue weighted by Gasteiger charge is 2.29. The Bertz CT molecular complexity index is 765. The number of ether oxygens (including phenoxy) is 1. The fourth-order valence-corrected chi connectivity index (χ4v) is 4.59. The SMILES string of the molecule is CCCOc1ccc(S(=O)(=O)N2CCCC2)c2ccccc12. The Morgan fingerprint density at radius 3 is 2.41 bits per heavy atom. The average molecular weight is 319 g/mol. The van der Waals surface area contributed by atoms with Crippen molar-refractivity contribution in [2.75, 3.05) is 19.7 Å². The van der Waals surface area contributed by atoms with Gasteiger partial charge in [0.2, 0.25) is 10.0 Å². The molecule has 0 amide bonds. The topological polar surface area (TPSA) is 46.6 Å². The second kappa shape index (κ2) is 6.26. The van der Waals surface area contributed by atoms with E-state index >= 15 is 0 Å². The van der Waals surface area contributed by atoms with E-state index in [9.17, 15) is 8.42 Å². The van der Waals surface area contributed by atoms with Crippen molar-refractivity contribution >= 4 is 20.8 Å². The molecule has 2 aromatic rings. The molecule has 5 heteroatoms. The van der Waals surface area contributed by atoms with Gasteiger partial charge in [-0.2, -0.15) is 4.31 Å². The van der Waals surface area contributed by atoms with Crippen LogP contribution in [0, 0.1) is 0 Å². The Kier molecular flexibility index (Phi) is 4.36. The van der Waals surface area contributed by atoms with Crippen molar-refractivity contribution in [1.82, 2.24) is 4.31 Å². The largest absolute Gasteiger partial charge is 0.493 e. The Balaban J connectivity index is 2.11. The van der Waals surface area contributed by atoms with Crippen LogP contribution in [0.15, 0.2) is 41.3 Å². The van der Waals surface area contributed by atoms with Crippen LogP contribution >= 0.6 is 0 Å². The first-order chi connectivity index (χ1) is 10.6. The van der Waals surface area contributed by atoms with Crippen LogP contribution in [0.1, 0.15) is 26.2 Å². The number of benzene rings is 2. The summed E-state index contributed by atoms with van der Waals surface area (Å²) in [6.45, 7) is 3.91. The molecule has 22 heavy (non-hydrogen) atoms. The molecule has 1 saturated heterocycles. The number of nitrogens with zero attached hydrogens (tertiary/aromatic N) is 1. The summed E-state index contributed by atoms with van der Waals surface area (Å²) in [5.41, 5.74) is 0. The molecule has 1 aliphatic heterocycles. The molecule has 118 valence electrons. The molecule has 1 heterocycles. The maximum absolute atomic E-state index is 12.9. The third kappa shape index (κ3) is 2.71. The zero-order valence-electron chi connectivity index (χ0n) is 12.8. The van der Waals surface area contributed by atoms with Crippen molar-refractivity contribution in [3.05, 3.63) is 36.4 Å². The van der Waals surface area contributed by atoms with Gasteiger partial charge in [0.25, 0.3) is 0 Å². The molecule has 0 N–H and O–H groups in total. The number of sulfonamides is 1. The number of hydrogen-bond donors (Lipinski definition) is 0. The Morgan fingerprint density at radius 2 is 1.73 bits per heavy atom. The second-order valence-electron chi connectivity index (χ2n) is 5.57. The average Bonchev–Trinajstić information content (AvgIpc) is 3.07. The predicted molar refractivity (Wildman–Crippen MR) is 87.7 cm³/mol. The van der Waals surface area contributed by atoms with Gasteiger partial charge >= 0.3 is 0 Å². The van der Waals surface area contributed by atoms with Crippen LogP contribution in [0.4, 0.5) is 0 Å². The molecule has 1 fully saturated rings. The van der Waals surface area contributed by atoms with Crippen LogP contribution in [-0.2, 0) is 10.0 Å². The zero-order chi connectivity index (χ0) is 15.6. The van der Waals surface area contributed by atoms with Crippen LogP contribution in [0.2, 0.25) is 0 Å². The highest BCUT2D eigenvalue weighted by atomic mass is 32.2. The highest BCUT2D eigenvalue weighted by Crippen LogP contribution is 2.33. The van der Waals surface area contributed by atoms with Gasteiger partial charge in [-0.3, -0.25) is 0 Å². The van der Waals surface area contributed by atoms with Crippen LogP contribution in [0.3, 0.4) is 0 Å². The fraction of sp³-hybridized carbons (Fsp3) is 0.412. The normalized spacial score (nSPS) is 16.2. The lowest BCUT2D eigenvalue weighted by Gasteiger charge is -2.18. The summed E-state index contributed by atoms with van der Waals surface area (Å²) in [5.74, 6) is 0.748. The molecule has 2 aromatic carbocycles. The number of fused-ring (bicyclic) bond motifs is 1. The standard InChI is InChI=1S/C17H21NO3S/c1-2-13-21-16-9-10-17(15-8-4-3-7-14(15)16)22(19,20)18-11-5-6-12-18/h3-4,7-10H,2,5-6,11-13H2,1H3. The van der Waals surface area contributed by atoms with E-state index in [1.807, 2.05) is 31.2 Å². The maximum atomic E-state index is 12.9. The summed E-state index contributed by atoms with van der Waals surface area (Å²) >= 11 is 0. The summed E-state index contributed by atoms with van der Waals surface area (Å²) in [4.78, 5) is 0.383. The third-order valence-corrected chi connectivity index (χ3v) is 5.95. The molecule has 0 saturated carbocycles. The van der Waals surface area contributed by atoms with Gasteiger partial charge in [-0.05, 0) is 31.4 Å². The maximum Gasteiger partial charge on any atom is 0.243 e. The van der Waals surface area contributed by atoms with Crippen LogP contribution < -0.4 is 4.74 Å². The van der Waals surface area contributed by atoms with Gasteiger partial charge in [-0.15, -0.1) is 0 Å². The number of rotatable bonds is 5. The van der Waals surface area contributed by atoms with Crippen LogP contribution in [-0.4, -0.2) is 32.4 Å². The minimum atomic E-state index is -3.42. The van der Waals surface area contributed by atoms with Crippen molar-refractivity contribution in [3.8, 4) is 5.75 Å². The molecule has 0 aliphatic carbocycles. The van der Waals surface area contributed by atoms with Crippen LogP contribution in [0.5, 0.6) is 5.75 Å². The van der Waals surface area contributed by atoms with Gasteiger partial charge in [0.15, 0.2) is 0 Å². The van der Waals surface area contributed by atoms with Gasteiger partial charge in [-0.1, -0.05) is 31.2 Å². The van der Waals surface area contributed by atoms with E-state index < -0.39 is 10.0 Å². The summed E-state index contributed by atoms with van der Waals surface area (Å²) in [6, 6.07) is 11.0. The van der Waals surface area contributed by atoms with E-state index in [1.165, 1.54) is 0 Å². The molecule has 3 rings (SSSR count). The molecule has 0 radical (unpaired) electrons. The molecule has 1 aliphatic rings. The van der Waals surface area contributed by atoms with E-state index in [2.05, 4.69) is 0 Å². The van der Waals surface area contributed by atoms with Crippen molar-refractivity contribution < 1.29 is 13.2 Å². The lowest BCUT2D eigenvalue weighted by molar-refractivity contribution is 0.321. The zero-order valence-corrected chi connectivity index (χ0v) is 13.6. The molecule has 0 bridgehead atoms. The Hall–Kier alpha value is -1.59. The number of hydrogen-bond acceptors (Lipinski definition) is 3. The van der Waals surface area contributed by atoms with Gasteiger partial charge < -0.3 is 4.74 Å². The van der Waals surface area contributed by atoms with E-state index in [0.29, 0.717) is 24.6 Å². The van der Waals surface area contributed by atoms with E-state index in [0.717, 1.165) is 35.8 Å². The summed E-state index contributed by atoms with van der Waals surface area (Å²) in [5, 5.41) is 1.60. The summed E-state index contributed by atoms with van der Waals surface area (Å²) in [7, 11) is -3.42. The molecule has 0 unspecified atom stereocenters. The van der Waals surface area contributed by atoms with E-state index in [-0.39, 0.29) is 0 Å². The Labute approximate surface area is 131 Å². The van der Waals surface area contributed by atoms with Gasteiger partial charge in [0, 0.05) is 23.9 Å². The van der Waals surface area contributed by atoms with Crippen LogP contribution in [0.25, 0.3) is 10.8 Å². The smallest absolute Gasteiger partial charge is 0.243 e. The Morgan fingerprint density at radius 1 is 1.05 bits per heavy atom. The first-order valence-electron chi connectivity index (χ1n) is 7.79. The monoisotopic (exact) mass is 319 g/mol. The van der Waals surface area contributed by atoms with Crippen molar-refractivity contribution in [3.63, 3.8) is 0 Å². The van der Waals surface area contributed by atoms with Gasteiger partial charge in [0.1, 0.15) is 5.75 Å². The lowest BCUT2D eigenvalue weighted by Crippen LogP contribution is -2.28. The van der Waals surface area contributed by atoms with Crippen molar-refractivity contribution in [1.29, 1.82) is 0 Å². The van der Waals surface area contributed by atoms with Crippen molar-refractivity contribution in [2.24, 2.45) is 0 Å². The summed E-state index contributed by atoms with van der Waals surface area (Å²) in [6.07, 6.45) is 2.80. The molecular weight excluding hydrogens is 298 g/mol. The quantitative estimate of drug-likeness (QED) is 0.848. The molecule has 0 spiro atoms. The summed E-state index contributed by atoms with van der Waals surface area (Å²) < 4.78 is 33.1. The van der Waals surface area contributed by atoms with Gasteiger partial charge in [-0.25, -0.2) is 8.42 Å². The first kappa shape index (κ1) is 15.3. The first-order valence-corrected chi connectivity index (χ1v) is 9.23. The van der Waals surface area contributed by atoms with Crippen molar-refractivity contribution in [2.45, 2.75) is 31.1 Å². The minimum Gasteiger partial charge on any atom is -0.493 e. The van der Waals surface area contributed by atoms with E-state index in [4.69, 9.17) is 4.74 Å². The molecule has 0 aromatic heterocycles. The molecule has 4 nitrogen and oxygen atoms in total. The van der Waals surface area contributed by atoms with E-state index in [1.54, 1.807) is 16.4 Å². The van der Waals surface area contributed by atoms with Gasteiger partial charge in [0.05, 0.1) is 11.5 Å². The second-order valence-corrected chi connectivity index (χ2v) is 7.47. The predicted octanol–water partition coefficient (Wildman–Crippen LogP) is 3.41. The lowest BCUT2D eigenvalue weighted by atomic mass is 10.1. The third-order valence-electron chi connectivity index (χ3n) is 3.99. The fourth-order valence-electron chi connectivity index (χ4n) is 2.87. The highest BCUT2D eigenvalue weighted by molar-refractivity contribution is 7.89. The molecular formula is C17H21NO3S.